The number of carbonyl (C=O) groups excluding carboxylic acids is 1. The summed E-state index contributed by atoms with van der Waals surface area (Å²) in [6, 6.07) is 0. The third kappa shape index (κ3) is 5.29. The molecule has 0 atom stereocenters. The van der Waals surface area contributed by atoms with Crippen LogP contribution in [0.25, 0.3) is 0 Å². The van der Waals surface area contributed by atoms with Crippen LogP contribution in [0.15, 0.2) is 12.7 Å². The summed E-state index contributed by atoms with van der Waals surface area (Å²) >= 11 is 0. The van der Waals surface area contributed by atoms with Crippen LogP contribution < -0.4 is 22.3 Å². The van der Waals surface area contributed by atoms with E-state index in [1.165, 1.54) is 0 Å². The number of carboxylic acid groups (broad SMARTS) is 1. The lowest BCUT2D eigenvalue weighted by Gasteiger charge is -1.93. The summed E-state index contributed by atoms with van der Waals surface area (Å²) in [5.41, 5.74) is 15.4. The fraction of sp³-hybridized carbons (Fsp3) is 0. The van der Waals surface area contributed by atoms with Gasteiger partial charge in [-0.2, -0.15) is 15.0 Å². The molecule has 0 aliphatic carbocycles. The quantitative estimate of drug-likeness (QED) is 0.418. The van der Waals surface area contributed by atoms with E-state index in [2.05, 4.69) is 21.5 Å². The van der Waals surface area contributed by atoms with E-state index in [1.807, 2.05) is 0 Å². The molecule has 1 rings (SSSR count). The van der Waals surface area contributed by atoms with E-state index in [0.717, 1.165) is 6.08 Å². The van der Waals surface area contributed by atoms with Crippen molar-refractivity contribution in [3.8, 4) is 0 Å². The topological polar surface area (TPSA) is 157 Å². The molecule has 0 aromatic carbocycles. The number of rotatable bonds is 1. The van der Waals surface area contributed by atoms with Crippen molar-refractivity contribution in [2.45, 2.75) is 0 Å². The van der Waals surface area contributed by atoms with E-state index in [9.17, 15) is 0 Å². The molecule has 0 saturated heterocycles. The minimum absolute atomic E-state index is 0.0417. The van der Waals surface area contributed by atoms with Gasteiger partial charge in [0.15, 0.2) is 0 Å². The van der Waals surface area contributed by atoms with Gasteiger partial charge in [0, 0.05) is 0 Å². The number of anilines is 3. The molecule has 8 heteroatoms. The number of hydrogen-bond acceptors (Lipinski definition) is 8. The van der Waals surface area contributed by atoms with Crippen LogP contribution in [0, 0.1) is 0 Å². The predicted molar refractivity (Wildman–Crippen MR) is 48.3 cm³/mol. The second-order valence-electron chi connectivity index (χ2n) is 1.93. The first-order valence-corrected chi connectivity index (χ1v) is 3.31. The molecule has 76 valence electrons. The Morgan fingerprint density at radius 2 is 1.36 bits per heavy atom. The zero-order valence-electron chi connectivity index (χ0n) is 7.17. The van der Waals surface area contributed by atoms with Crippen molar-refractivity contribution < 1.29 is 9.90 Å². The minimum atomic E-state index is -1.23. The van der Waals surface area contributed by atoms with E-state index in [4.69, 9.17) is 27.1 Å². The number of aromatic nitrogens is 3. The van der Waals surface area contributed by atoms with E-state index >= 15 is 0 Å². The molecule has 0 fully saturated rings. The summed E-state index contributed by atoms with van der Waals surface area (Å²) in [5.74, 6) is -1.11. The lowest BCUT2D eigenvalue weighted by atomic mass is 10.7. The number of nitrogen functional groups attached to an aromatic ring is 3. The molecule has 0 aliphatic heterocycles. The highest BCUT2D eigenvalue weighted by atomic mass is 16.4. The standard InChI is InChI=1S/C3H6N6.C3H4O2/c4-1-7-2(5)9-3(6)8-1;1-2-3(4)5/h(H6,4,5,6,7,8,9);2H,1H2,(H,4,5)/p-1. The molecule has 1 aromatic heterocycles. The average Bonchev–Trinajstić information content (AvgIpc) is 2.02. The molecule has 1 aromatic rings. The molecule has 0 aliphatic rings. The van der Waals surface area contributed by atoms with E-state index in [1.54, 1.807) is 0 Å². The average molecular weight is 197 g/mol. The van der Waals surface area contributed by atoms with E-state index < -0.39 is 5.97 Å². The molecule has 0 saturated carbocycles. The molecule has 6 N–H and O–H groups in total. The lowest BCUT2D eigenvalue weighted by Crippen LogP contribution is -2.17. The highest BCUT2D eigenvalue weighted by molar-refractivity contribution is 5.76. The molecule has 0 spiro atoms. The summed E-state index contributed by atoms with van der Waals surface area (Å²) in [5, 5.41) is 9.14. The maximum atomic E-state index is 9.14. The Kier molecular flexibility index (Phi) is 4.40. The first kappa shape index (κ1) is 11.6. The Bertz CT molecular complexity index is 289. The van der Waals surface area contributed by atoms with Gasteiger partial charge in [-0.25, -0.2) is 0 Å². The second-order valence-corrected chi connectivity index (χ2v) is 1.93. The van der Waals surface area contributed by atoms with Crippen LogP contribution in [0.3, 0.4) is 0 Å². The van der Waals surface area contributed by atoms with Crippen LogP contribution in [0.5, 0.6) is 0 Å². The largest absolute Gasteiger partial charge is 0.545 e. The molecule has 0 bridgehead atoms. The Morgan fingerprint density at radius 1 is 1.14 bits per heavy atom. The maximum absolute atomic E-state index is 9.14. The maximum Gasteiger partial charge on any atom is 0.226 e. The Hall–Kier alpha value is -2.38. The zero-order chi connectivity index (χ0) is 11.1. The number of nitrogens with zero attached hydrogens (tertiary/aromatic N) is 3. The number of aliphatic carboxylic acids is 1. The van der Waals surface area contributed by atoms with Crippen molar-refractivity contribution >= 4 is 23.8 Å². The molecule has 8 nitrogen and oxygen atoms in total. The van der Waals surface area contributed by atoms with Crippen molar-refractivity contribution in [3.05, 3.63) is 12.7 Å². The molecule has 0 radical (unpaired) electrons. The summed E-state index contributed by atoms with van der Waals surface area (Å²) in [4.78, 5) is 19.6. The Morgan fingerprint density at radius 3 is 1.50 bits per heavy atom. The third-order valence-electron chi connectivity index (χ3n) is 0.854. The zero-order valence-corrected chi connectivity index (χ0v) is 7.17. The van der Waals surface area contributed by atoms with Gasteiger partial charge in [-0.05, 0) is 6.08 Å². The van der Waals surface area contributed by atoms with Gasteiger partial charge in [-0.15, -0.1) is 0 Å². The highest BCUT2D eigenvalue weighted by Crippen LogP contribution is 1.97. The molecule has 14 heavy (non-hydrogen) atoms. The summed E-state index contributed by atoms with van der Waals surface area (Å²) in [7, 11) is 0. The summed E-state index contributed by atoms with van der Waals surface area (Å²) < 4.78 is 0. The van der Waals surface area contributed by atoms with Gasteiger partial charge in [0.1, 0.15) is 0 Å². The van der Waals surface area contributed by atoms with Gasteiger partial charge in [-0.3, -0.25) is 0 Å². The van der Waals surface area contributed by atoms with Crippen LogP contribution in [-0.2, 0) is 4.79 Å². The second kappa shape index (κ2) is 5.30. The SMILES string of the molecule is C=CC(=O)[O-].Nc1nc(N)nc(N)n1. The van der Waals surface area contributed by atoms with Gasteiger partial charge < -0.3 is 27.1 Å². The fourth-order valence-corrected chi connectivity index (χ4v) is 0.427. The number of carboxylic acids is 1. The van der Waals surface area contributed by atoms with Crippen molar-refractivity contribution in [3.63, 3.8) is 0 Å². The Balaban J connectivity index is 0.000000292. The van der Waals surface area contributed by atoms with Crippen LogP contribution in [0.1, 0.15) is 0 Å². The Labute approximate surface area is 79.5 Å². The van der Waals surface area contributed by atoms with Crippen LogP contribution in [0.2, 0.25) is 0 Å². The third-order valence-corrected chi connectivity index (χ3v) is 0.854. The van der Waals surface area contributed by atoms with E-state index in [0.29, 0.717) is 0 Å². The fourth-order valence-electron chi connectivity index (χ4n) is 0.427. The minimum Gasteiger partial charge on any atom is -0.545 e. The first-order chi connectivity index (χ1) is 6.45. The van der Waals surface area contributed by atoms with Crippen molar-refractivity contribution in [2.75, 3.05) is 17.2 Å². The van der Waals surface area contributed by atoms with Crippen molar-refractivity contribution in [1.82, 2.24) is 15.0 Å². The van der Waals surface area contributed by atoms with Crippen molar-refractivity contribution in [1.29, 1.82) is 0 Å². The normalized spacial score (nSPS) is 8.29. The smallest absolute Gasteiger partial charge is 0.226 e. The molecular formula is C6H9N6O2-. The van der Waals surface area contributed by atoms with Crippen LogP contribution >= 0.6 is 0 Å². The molecule has 0 amide bonds. The van der Waals surface area contributed by atoms with E-state index in [-0.39, 0.29) is 17.8 Å². The monoisotopic (exact) mass is 197 g/mol. The highest BCUT2D eigenvalue weighted by Gasteiger charge is 1.93. The number of carbonyl (C=O) groups is 1. The van der Waals surface area contributed by atoms with Crippen LogP contribution in [0.4, 0.5) is 17.8 Å². The van der Waals surface area contributed by atoms with Gasteiger partial charge in [0.05, 0.1) is 5.97 Å². The number of hydrogen-bond donors (Lipinski definition) is 3. The summed E-state index contributed by atoms with van der Waals surface area (Å²) in [6.07, 6.45) is 0.722. The molecule has 0 unspecified atom stereocenters. The van der Waals surface area contributed by atoms with Crippen molar-refractivity contribution in [2.24, 2.45) is 0 Å². The number of nitrogens with two attached hydrogens (primary N) is 3. The van der Waals surface area contributed by atoms with Gasteiger partial charge in [-0.1, -0.05) is 6.58 Å². The van der Waals surface area contributed by atoms with Gasteiger partial charge in [0.2, 0.25) is 17.8 Å². The van der Waals surface area contributed by atoms with Gasteiger partial charge in [0.25, 0.3) is 0 Å². The van der Waals surface area contributed by atoms with Crippen LogP contribution in [-0.4, -0.2) is 20.9 Å². The predicted octanol–water partition coefficient (Wildman–Crippen LogP) is -2.46. The molecular weight excluding hydrogens is 188 g/mol. The first-order valence-electron chi connectivity index (χ1n) is 3.31. The summed E-state index contributed by atoms with van der Waals surface area (Å²) in [6.45, 7) is 2.90. The lowest BCUT2D eigenvalue weighted by molar-refractivity contribution is -0.297. The molecule has 1 heterocycles. The van der Waals surface area contributed by atoms with Gasteiger partial charge >= 0.3 is 0 Å².